The molecule has 0 radical (unpaired) electrons. The molecule has 23 heavy (non-hydrogen) atoms. The van der Waals surface area contributed by atoms with Gasteiger partial charge in [-0.25, -0.2) is 4.68 Å². The van der Waals surface area contributed by atoms with Gasteiger partial charge in [0, 0.05) is 18.1 Å². The van der Waals surface area contributed by atoms with Gasteiger partial charge in [-0.3, -0.25) is 9.78 Å². The largest absolute Gasteiger partial charge is 0.350 e. The van der Waals surface area contributed by atoms with E-state index in [1.165, 1.54) is 0 Å². The number of aryl methyl sites for hydroxylation is 1. The predicted octanol–water partition coefficient (Wildman–Crippen LogP) is 2.43. The molecular weight excluding hydrogens is 288 g/mol. The van der Waals surface area contributed by atoms with Crippen LogP contribution in [0.4, 0.5) is 0 Å². The van der Waals surface area contributed by atoms with E-state index in [-0.39, 0.29) is 5.91 Å². The lowest BCUT2D eigenvalue weighted by molar-refractivity contribution is -0.120. The Morgan fingerprint density at radius 3 is 2.65 bits per heavy atom. The lowest BCUT2D eigenvalue weighted by Crippen LogP contribution is -2.25. The highest BCUT2D eigenvalue weighted by Gasteiger charge is 2.05. The van der Waals surface area contributed by atoms with Crippen molar-refractivity contribution in [3.8, 4) is 5.69 Å². The van der Waals surface area contributed by atoms with E-state index in [1.54, 1.807) is 10.9 Å². The van der Waals surface area contributed by atoms with E-state index in [1.807, 2.05) is 61.7 Å². The zero-order chi connectivity index (χ0) is 16.1. The Balaban J connectivity index is 1.55. The standard InChI is InChI=1S/C18H18N4O/c1-14-4-2-5-16(21-14)13-19-18(23)12-15-6-8-17(9-7-15)22-11-3-10-20-22/h2-11H,12-13H2,1H3,(H,19,23). The molecule has 0 aliphatic rings. The Morgan fingerprint density at radius 1 is 1.13 bits per heavy atom. The number of rotatable bonds is 5. The maximum absolute atomic E-state index is 12.0. The van der Waals surface area contributed by atoms with Crippen molar-refractivity contribution < 1.29 is 4.79 Å². The second-order valence-corrected chi connectivity index (χ2v) is 5.34. The first kappa shape index (κ1) is 15.0. The Hall–Kier alpha value is -2.95. The number of amides is 1. The molecule has 2 aromatic heterocycles. The van der Waals surface area contributed by atoms with Gasteiger partial charge in [0.05, 0.1) is 24.3 Å². The van der Waals surface area contributed by atoms with E-state index >= 15 is 0 Å². The first-order chi connectivity index (χ1) is 11.2. The second kappa shape index (κ2) is 6.87. The number of carbonyl (C=O) groups is 1. The molecule has 0 bridgehead atoms. The molecule has 0 saturated carbocycles. The molecule has 3 rings (SSSR count). The molecule has 0 spiro atoms. The van der Waals surface area contributed by atoms with Crippen LogP contribution in [0.15, 0.2) is 60.9 Å². The van der Waals surface area contributed by atoms with Crippen LogP contribution in [-0.2, 0) is 17.8 Å². The molecule has 0 aliphatic carbocycles. The molecule has 1 amide bonds. The fourth-order valence-electron chi connectivity index (χ4n) is 2.32. The Morgan fingerprint density at radius 2 is 1.96 bits per heavy atom. The molecule has 3 aromatic rings. The molecule has 0 saturated heterocycles. The van der Waals surface area contributed by atoms with Gasteiger partial charge in [-0.05, 0) is 42.8 Å². The molecule has 1 N–H and O–H groups in total. The third kappa shape index (κ3) is 4.03. The van der Waals surface area contributed by atoms with Crippen LogP contribution in [0.1, 0.15) is 17.0 Å². The van der Waals surface area contributed by atoms with E-state index in [9.17, 15) is 4.79 Å². The maximum Gasteiger partial charge on any atom is 0.224 e. The number of pyridine rings is 1. The van der Waals surface area contributed by atoms with Crippen molar-refractivity contribution in [2.24, 2.45) is 0 Å². The zero-order valence-electron chi connectivity index (χ0n) is 12.9. The maximum atomic E-state index is 12.0. The summed E-state index contributed by atoms with van der Waals surface area (Å²) >= 11 is 0. The van der Waals surface area contributed by atoms with Gasteiger partial charge >= 0.3 is 0 Å². The molecule has 2 heterocycles. The van der Waals surface area contributed by atoms with Gasteiger partial charge in [-0.2, -0.15) is 5.10 Å². The molecule has 0 unspecified atom stereocenters. The SMILES string of the molecule is Cc1cccc(CNC(=O)Cc2ccc(-n3cccn3)cc2)n1. The molecule has 0 fully saturated rings. The topological polar surface area (TPSA) is 59.8 Å². The number of aromatic nitrogens is 3. The zero-order valence-corrected chi connectivity index (χ0v) is 12.9. The van der Waals surface area contributed by atoms with Gasteiger partial charge in [0.1, 0.15) is 0 Å². The second-order valence-electron chi connectivity index (χ2n) is 5.34. The van der Waals surface area contributed by atoms with Crippen molar-refractivity contribution in [2.45, 2.75) is 19.9 Å². The molecule has 116 valence electrons. The van der Waals surface area contributed by atoms with Crippen LogP contribution in [0.3, 0.4) is 0 Å². The number of nitrogens with one attached hydrogen (secondary N) is 1. The fraction of sp³-hybridized carbons (Fsp3) is 0.167. The van der Waals surface area contributed by atoms with E-state index in [0.29, 0.717) is 13.0 Å². The van der Waals surface area contributed by atoms with Crippen molar-refractivity contribution in [2.75, 3.05) is 0 Å². The smallest absolute Gasteiger partial charge is 0.224 e. The average molecular weight is 306 g/mol. The molecule has 0 aliphatic heterocycles. The van der Waals surface area contributed by atoms with Gasteiger partial charge in [-0.15, -0.1) is 0 Å². The third-order valence-corrected chi connectivity index (χ3v) is 3.48. The monoisotopic (exact) mass is 306 g/mol. The highest BCUT2D eigenvalue weighted by molar-refractivity contribution is 5.78. The summed E-state index contributed by atoms with van der Waals surface area (Å²) in [4.78, 5) is 16.4. The minimum atomic E-state index is -0.0138. The van der Waals surface area contributed by atoms with E-state index in [2.05, 4.69) is 15.4 Å². The number of hydrogen-bond acceptors (Lipinski definition) is 3. The van der Waals surface area contributed by atoms with Crippen LogP contribution in [-0.4, -0.2) is 20.7 Å². The van der Waals surface area contributed by atoms with Crippen molar-refractivity contribution in [3.05, 3.63) is 77.9 Å². The molecule has 1 aromatic carbocycles. The summed E-state index contributed by atoms with van der Waals surface area (Å²) in [7, 11) is 0. The normalized spacial score (nSPS) is 10.5. The summed E-state index contributed by atoms with van der Waals surface area (Å²) in [5, 5.41) is 7.08. The van der Waals surface area contributed by atoms with Crippen LogP contribution in [0.2, 0.25) is 0 Å². The van der Waals surface area contributed by atoms with Gasteiger partial charge < -0.3 is 5.32 Å². The summed E-state index contributed by atoms with van der Waals surface area (Å²) in [6.07, 6.45) is 3.97. The Bertz CT molecular complexity index is 779. The number of benzene rings is 1. The molecular formula is C18H18N4O. The van der Waals surface area contributed by atoms with Crippen molar-refractivity contribution in [3.63, 3.8) is 0 Å². The van der Waals surface area contributed by atoms with Gasteiger partial charge in [0.15, 0.2) is 0 Å². The number of nitrogens with zero attached hydrogens (tertiary/aromatic N) is 3. The summed E-state index contributed by atoms with van der Waals surface area (Å²) < 4.78 is 1.78. The average Bonchev–Trinajstić information content (AvgIpc) is 3.08. The predicted molar refractivity (Wildman–Crippen MR) is 88.1 cm³/mol. The minimum Gasteiger partial charge on any atom is -0.350 e. The van der Waals surface area contributed by atoms with Crippen LogP contribution >= 0.6 is 0 Å². The van der Waals surface area contributed by atoms with Crippen molar-refractivity contribution in [1.29, 1.82) is 0 Å². The summed E-state index contributed by atoms with van der Waals surface area (Å²) in [6, 6.07) is 15.5. The summed E-state index contributed by atoms with van der Waals surface area (Å²) in [6.45, 7) is 2.39. The van der Waals surface area contributed by atoms with Crippen LogP contribution in [0.5, 0.6) is 0 Å². The first-order valence-electron chi connectivity index (χ1n) is 7.49. The molecule has 0 atom stereocenters. The molecule has 5 heteroatoms. The summed E-state index contributed by atoms with van der Waals surface area (Å²) in [5.41, 5.74) is 3.76. The lowest BCUT2D eigenvalue weighted by Gasteiger charge is -2.07. The fourth-order valence-corrected chi connectivity index (χ4v) is 2.32. The number of carbonyl (C=O) groups excluding carboxylic acids is 1. The Kier molecular flexibility index (Phi) is 4.47. The molecule has 5 nitrogen and oxygen atoms in total. The van der Waals surface area contributed by atoms with E-state index in [4.69, 9.17) is 0 Å². The van der Waals surface area contributed by atoms with Crippen LogP contribution in [0, 0.1) is 6.92 Å². The quantitative estimate of drug-likeness (QED) is 0.787. The highest BCUT2D eigenvalue weighted by Crippen LogP contribution is 2.09. The van der Waals surface area contributed by atoms with Gasteiger partial charge in [-0.1, -0.05) is 18.2 Å². The highest BCUT2D eigenvalue weighted by atomic mass is 16.1. The lowest BCUT2D eigenvalue weighted by atomic mass is 10.1. The van der Waals surface area contributed by atoms with Gasteiger partial charge in [0.25, 0.3) is 0 Å². The summed E-state index contributed by atoms with van der Waals surface area (Å²) in [5.74, 6) is -0.0138. The number of hydrogen-bond donors (Lipinski definition) is 1. The third-order valence-electron chi connectivity index (χ3n) is 3.48. The van der Waals surface area contributed by atoms with Crippen molar-refractivity contribution >= 4 is 5.91 Å². The van der Waals surface area contributed by atoms with Crippen LogP contribution < -0.4 is 5.32 Å². The minimum absolute atomic E-state index is 0.0138. The first-order valence-corrected chi connectivity index (χ1v) is 7.49. The van der Waals surface area contributed by atoms with Gasteiger partial charge in [0.2, 0.25) is 5.91 Å². The van der Waals surface area contributed by atoms with Crippen molar-refractivity contribution in [1.82, 2.24) is 20.1 Å². The van der Waals surface area contributed by atoms with Crippen LogP contribution in [0.25, 0.3) is 5.69 Å². The Labute approximate surface area is 135 Å². The van der Waals surface area contributed by atoms with E-state index in [0.717, 1.165) is 22.6 Å². The van der Waals surface area contributed by atoms with E-state index < -0.39 is 0 Å².